The number of hydrogen-bond acceptors (Lipinski definition) is 4. The van der Waals surface area contributed by atoms with Crippen molar-refractivity contribution in [2.24, 2.45) is 9.98 Å². The molecule has 0 spiro atoms. The van der Waals surface area contributed by atoms with Crippen molar-refractivity contribution in [2.75, 3.05) is 14.1 Å². The number of fused-ring (bicyclic) bond motifs is 1. The predicted octanol–water partition coefficient (Wildman–Crippen LogP) is 2.35. The second-order valence-electron chi connectivity index (χ2n) is 3.87. The minimum atomic E-state index is 0.165. The molecule has 0 saturated carbocycles. The molecule has 4 heteroatoms. The van der Waals surface area contributed by atoms with Crippen molar-refractivity contribution in [3.8, 4) is 11.5 Å². The maximum Gasteiger partial charge on any atom is 0.124 e. The lowest BCUT2D eigenvalue weighted by Crippen LogP contribution is -1.91. The van der Waals surface area contributed by atoms with Gasteiger partial charge >= 0.3 is 0 Å². The van der Waals surface area contributed by atoms with Crippen LogP contribution in [-0.4, -0.2) is 36.7 Å². The molecule has 0 heterocycles. The van der Waals surface area contributed by atoms with Gasteiger partial charge in [-0.15, -0.1) is 0 Å². The third-order valence-corrected chi connectivity index (χ3v) is 2.75. The Morgan fingerprint density at radius 3 is 1.50 bits per heavy atom. The molecule has 2 N–H and O–H groups in total. The summed E-state index contributed by atoms with van der Waals surface area (Å²) in [7, 11) is 3.29. The number of phenolic OH excluding ortho intramolecular Hbond substituents is 2. The molecule has 2 aromatic rings. The SMILES string of the molecule is CN=Cc1c(O)ccc2c(C=NC)c(O)ccc12. The van der Waals surface area contributed by atoms with Gasteiger partial charge in [-0.05, 0) is 35.0 Å². The number of phenols is 2. The van der Waals surface area contributed by atoms with Crippen LogP contribution in [0.5, 0.6) is 11.5 Å². The fourth-order valence-electron chi connectivity index (χ4n) is 1.96. The molecule has 18 heavy (non-hydrogen) atoms. The average molecular weight is 242 g/mol. The number of benzene rings is 2. The van der Waals surface area contributed by atoms with E-state index in [0.717, 1.165) is 10.8 Å². The van der Waals surface area contributed by atoms with Gasteiger partial charge in [0, 0.05) is 37.7 Å². The van der Waals surface area contributed by atoms with Gasteiger partial charge in [0.25, 0.3) is 0 Å². The lowest BCUT2D eigenvalue weighted by Gasteiger charge is -2.08. The Hall–Kier alpha value is -2.36. The molecule has 0 aliphatic rings. The summed E-state index contributed by atoms with van der Waals surface area (Å²) in [6, 6.07) is 6.69. The number of hydrogen-bond donors (Lipinski definition) is 2. The van der Waals surface area contributed by atoms with E-state index in [9.17, 15) is 10.2 Å². The van der Waals surface area contributed by atoms with Crippen molar-refractivity contribution in [3.63, 3.8) is 0 Å². The molecule has 0 unspecified atom stereocenters. The van der Waals surface area contributed by atoms with Crippen molar-refractivity contribution in [3.05, 3.63) is 35.4 Å². The molecule has 0 aliphatic carbocycles. The van der Waals surface area contributed by atoms with Crippen LogP contribution >= 0.6 is 0 Å². The van der Waals surface area contributed by atoms with Gasteiger partial charge in [0.05, 0.1) is 0 Å². The van der Waals surface area contributed by atoms with Gasteiger partial charge < -0.3 is 10.2 Å². The van der Waals surface area contributed by atoms with Crippen molar-refractivity contribution in [2.45, 2.75) is 0 Å². The van der Waals surface area contributed by atoms with E-state index in [1.807, 2.05) is 0 Å². The third kappa shape index (κ3) is 1.93. The van der Waals surface area contributed by atoms with Crippen molar-refractivity contribution in [1.82, 2.24) is 0 Å². The minimum Gasteiger partial charge on any atom is -0.507 e. The second kappa shape index (κ2) is 4.87. The maximum atomic E-state index is 9.84. The first-order chi connectivity index (χ1) is 8.69. The highest BCUT2D eigenvalue weighted by atomic mass is 16.3. The monoisotopic (exact) mass is 242 g/mol. The molecule has 2 rings (SSSR count). The highest BCUT2D eigenvalue weighted by Crippen LogP contribution is 2.31. The van der Waals surface area contributed by atoms with Gasteiger partial charge in [-0.2, -0.15) is 0 Å². The summed E-state index contributed by atoms with van der Waals surface area (Å²) in [6.07, 6.45) is 3.20. The summed E-state index contributed by atoms with van der Waals surface area (Å²) in [4.78, 5) is 7.87. The summed E-state index contributed by atoms with van der Waals surface area (Å²) >= 11 is 0. The molecule has 0 aromatic heterocycles. The molecule has 0 bridgehead atoms. The van der Waals surface area contributed by atoms with Crippen molar-refractivity contribution in [1.29, 1.82) is 0 Å². The van der Waals surface area contributed by atoms with E-state index in [1.54, 1.807) is 50.8 Å². The van der Waals surface area contributed by atoms with Crippen LogP contribution in [0.1, 0.15) is 11.1 Å². The summed E-state index contributed by atoms with van der Waals surface area (Å²) in [5, 5.41) is 21.3. The Morgan fingerprint density at radius 1 is 0.778 bits per heavy atom. The fraction of sp³-hybridized carbons (Fsp3) is 0.143. The number of rotatable bonds is 2. The molecule has 0 amide bonds. The van der Waals surface area contributed by atoms with E-state index in [1.165, 1.54) is 0 Å². The van der Waals surface area contributed by atoms with Crippen LogP contribution < -0.4 is 0 Å². The molecule has 2 aromatic carbocycles. The van der Waals surface area contributed by atoms with Crippen LogP contribution in [0.25, 0.3) is 10.8 Å². The van der Waals surface area contributed by atoms with Gasteiger partial charge in [-0.25, -0.2) is 0 Å². The molecule has 0 radical (unpaired) electrons. The first kappa shape index (κ1) is 12.1. The smallest absolute Gasteiger partial charge is 0.124 e. The van der Waals surface area contributed by atoms with E-state index in [4.69, 9.17) is 0 Å². The zero-order valence-electron chi connectivity index (χ0n) is 10.3. The average Bonchev–Trinajstić information content (AvgIpc) is 2.36. The summed E-state index contributed by atoms with van der Waals surface area (Å²) in [6.45, 7) is 0. The van der Waals surface area contributed by atoms with E-state index >= 15 is 0 Å². The standard InChI is InChI=1S/C14H14N2O2/c1-15-7-11-9-3-6-14(18)12(8-16-2)10(9)4-5-13(11)17/h3-8,17-18H,1-2H3. The summed E-state index contributed by atoms with van der Waals surface area (Å²) < 4.78 is 0. The fourth-order valence-corrected chi connectivity index (χ4v) is 1.96. The molecule has 0 atom stereocenters. The van der Waals surface area contributed by atoms with Crippen LogP contribution in [0.15, 0.2) is 34.3 Å². The molecule has 0 aliphatic heterocycles. The zero-order valence-corrected chi connectivity index (χ0v) is 10.3. The molecule has 92 valence electrons. The van der Waals surface area contributed by atoms with Gasteiger partial charge in [-0.1, -0.05) is 0 Å². The Morgan fingerprint density at radius 2 is 1.17 bits per heavy atom. The Bertz CT molecular complexity index is 589. The number of aromatic hydroxyl groups is 2. The maximum absolute atomic E-state index is 9.84. The zero-order chi connectivity index (χ0) is 13.1. The first-order valence-electron chi connectivity index (χ1n) is 5.51. The minimum absolute atomic E-state index is 0.165. The second-order valence-corrected chi connectivity index (χ2v) is 3.87. The van der Waals surface area contributed by atoms with E-state index in [-0.39, 0.29) is 11.5 Å². The Kier molecular flexibility index (Phi) is 3.28. The normalized spacial score (nSPS) is 11.9. The largest absolute Gasteiger partial charge is 0.507 e. The molecule has 0 saturated heterocycles. The van der Waals surface area contributed by atoms with E-state index in [0.29, 0.717) is 11.1 Å². The first-order valence-corrected chi connectivity index (χ1v) is 5.51. The molecular weight excluding hydrogens is 228 g/mol. The van der Waals surface area contributed by atoms with Gasteiger partial charge in [-0.3, -0.25) is 9.98 Å². The van der Waals surface area contributed by atoms with E-state index in [2.05, 4.69) is 9.98 Å². The Labute approximate surface area is 105 Å². The lowest BCUT2D eigenvalue weighted by molar-refractivity contribution is 0.473. The van der Waals surface area contributed by atoms with Crippen LogP contribution in [0.2, 0.25) is 0 Å². The van der Waals surface area contributed by atoms with Crippen LogP contribution in [0.4, 0.5) is 0 Å². The summed E-state index contributed by atoms with van der Waals surface area (Å²) in [5.74, 6) is 0.330. The number of aliphatic imine (C=N–C) groups is 2. The summed E-state index contributed by atoms with van der Waals surface area (Å²) in [5.41, 5.74) is 1.28. The van der Waals surface area contributed by atoms with Gasteiger partial charge in [0.15, 0.2) is 0 Å². The van der Waals surface area contributed by atoms with Crippen LogP contribution in [0.3, 0.4) is 0 Å². The van der Waals surface area contributed by atoms with E-state index < -0.39 is 0 Å². The molecular formula is C14H14N2O2. The lowest BCUT2D eigenvalue weighted by atomic mass is 9.99. The van der Waals surface area contributed by atoms with Gasteiger partial charge in [0.1, 0.15) is 11.5 Å². The van der Waals surface area contributed by atoms with Crippen molar-refractivity contribution >= 4 is 23.2 Å². The van der Waals surface area contributed by atoms with Gasteiger partial charge in [0.2, 0.25) is 0 Å². The topological polar surface area (TPSA) is 65.2 Å². The van der Waals surface area contributed by atoms with Crippen molar-refractivity contribution < 1.29 is 10.2 Å². The molecule has 4 nitrogen and oxygen atoms in total. The quantitative estimate of drug-likeness (QED) is 0.794. The highest BCUT2D eigenvalue weighted by Gasteiger charge is 2.10. The number of nitrogens with zero attached hydrogens (tertiary/aromatic N) is 2. The predicted molar refractivity (Wildman–Crippen MR) is 74.3 cm³/mol. The molecule has 0 fully saturated rings. The third-order valence-electron chi connectivity index (χ3n) is 2.75. The van der Waals surface area contributed by atoms with Crippen LogP contribution in [-0.2, 0) is 0 Å². The Balaban J connectivity index is 2.88. The highest BCUT2D eigenvalue weighted by molar-refractivity contribution is 6.09. The van der Waals surface area contributed by atoms with Crippen LogP contribution in [0, 0.1) is 0 Å².